The summed E-state index contributed by atoms with van der Waals surface area (Å²) in [6.45, 7) is -1.28. The lowest BCUT2D eigenvalue weighted by Gasteiger charge is -2.09. The maximum Gasteiger partial charge on any atom is 0.422 e. The topological polar surface area (TPSA) is 9.23 Å². The first-order valence-corrected chi connectivity index (χ1v) is 4.39. The molecular formula is C9H8ClF3O. The number of benzene rings is 1. The van der Waals surface area contributed by atoms with Crippen LogP contribution in [0.5, 0.6) is 5.75 Å². The minimum atomic E-state index is -4.31. The molecule has 14 heavy (non-hydrogen) atoms. The zero-order valence-electron chi connectivity index (χ0n) is 7.14. The molecule has 0 aliphatic heterocycles. The fraction of sp³-hybridized carbons (Fsp3) is 0.333. The third kappa shape index (κ3) is 3.87. The molecule has 0 fully saturated rings. The molecular weight excluding hydrogens is 217 g/mol. The van der Waals surface area contributed by atoms with Gasteiger partial charge >= 0.3 is 6.18 Å². The Morgan fingerprint density at radius 1 is 1.29 bits per heavy atom. The van der Waals surface area contributed by atoms with Gasteiger partial charge in [-0.15, -0.1) is 11.6 Å². The Bertz CT molecular complexity index is 298. The zero-order chi connectivity index (χ0) is 10.6. The third-order valence-electron chi connectivity index (χ3n) is 1.46. The summed E-state index contributed by atoms with van der Waals surface area (Å²) < 4.78 is 39.8. The molecule has 5 heteroatoms. The van der Waals surface area contributed by atoms with Crippen molar-refractivity contribution >= 4 is 11.6 Å². The van der Waals surface area contributed by atoms with Gasteiger partial charge in [0, 0.05) is 5.88 Å². The number of hydrogen-bond acceptors (Lipinski definition) is 1. The maximum atomic E-state index is 11.8. The molecule has 0 N–H and O–H groups in total. The van der Waals surface area contributed by atoms with Gasteiger partial charge in [-0.2, -0.15) is 13.2 Å². The van der Waals surface area contributed by atoms with E-state index >= 15 is 0 Å². The first kappa shape index (κ1) is 11.2. The highest BCUT2D eigenvalue weighted by Crippen LogP contribution is 2.19. The fourth-order valence-electron chi connectivity index (χ4n) is 0.884. The quantitative estimate of drug-likeness (QED) is 0.716. The van der Waals surface area contributed by atoms with Crippen LogP contribution in [0.15, 0.2) is 24.3 Å². The van der Waals surface area contributed by atoms with E-state index in [9.17, 15) is 13.2 Å². The second kappa shape index (κ2) is 4.55. The van der Waals surface area contributed by atoms with E-state index in [0.29, 0.717) is 0 Å². The third-order valence-corrected chi connectivity index (χ3v) is 1.76. The van der Waals surface area contributed by atoms with Crippen molar-refractivity contribution in [2.24, 2.45) is 0 Å². The Morgan fingerprint density at radius 3 is 2.57 bits per heavy atom. The Hall–Kier alpha value is -0.900. The highest BCUT2D eigenvalue weighted by atomic mass is 35.5. The molecule has 0 atom stereocenters. The van der Waals surface area contributed by atoms with Crippen LogP contribution in [0.2, 0.25) is 0 Å². The van der Waals surface area contributed by atoms with Crippen LogP contribution in [0.25, 0.3) is 0 Å². The summed E-state index contributed by atoms with van der Waals surface area (Å²) in [5.74, 6) is 0.434. The molecule has 0 aliphatic rings. The average Bonchev–Trinajstić information content (AvgIpc) is 2.14. The van der Waals surface area contributed by atoms with Gasteiger partial charge < -0.3 is 4.74 Å². The van der Waals surface area contributed by atoms with Gasteiger partial charge in [-0.05, 0) is 17.7 Å². The van der Waals surface area contributed by atoms with Gasteiger partial charge in [0.05, 0.1) is 0 Å². The van der Waals surface area contributed by atoms with Crippen molar-refractivity contribution < 1.29 is 17.9 Å². The van der Waals surface area contributed by atoms with E-state index in [2.05, 4.69) is 4.74 Å². The summed E-state index contributed by atoms with van der Waals surface area (Å²) in [5, 5.41) is 0. The largest absolute Gasteiger partial charge is 0.484 e. The Kier molecular flexibility index (Phi) is 3.63. The summed E-state index contributed by atoms with van der Waals surface area (Å²) in [6.07, 6.45) is -4.31. The molecule has 0 bridgehead atoms. The van der Waals surface area contributed by atoms with Gasteiger partial charge in [-0.25, -0.2) is 0 Å². The molecule has 0 heterocycles. The minimum absolute atomic E-state index is 0.181. The smallest absolute Gasteiger partial charge is 0.422 e. The van der Waals surface area contributed by atoms with Crippen LogP contribution in [0.3, 0.4) is 0 Å². The molecule has 1 aromatic rings. The normalized spacial score (nSPS) is 11.4. The van der Waals surface area contributed by atoms with E-state index in [0.717, 1.165) is 5.56 Å². The minimum Gasteiger partial charge on any atom is -0.484 e. The van der Waals surface area contributed by atoms with Crippen LogP contribution >= 0.6 is 11.6 Å². The summed E-state index contributed by atoms with van der Waals surface area (Å²) in [6, 6.07) is 6.26. The molecule has 78 valence electrons. The predicted molar refractivity (Wildman–Crippen MR) is 47.5 cm³/mol. The van der Waals surface area contributed by atoms with E-state index in [4.69, 9.17) is 11.6 Å². The standard InChI is InChI=1S/C9H8ClF3O/c10-5-7-2-1-3-8(4-7)14-6-9(11,12)13/h1-4H,5-6H2. The van der Waals surface area contributed by atoms with Gasteiger partial charge in [0.25, 0.3) is 0 Å². The molecule has 1 nitrogen and oxygen atoms in total. The SMILES string of the molecule is FC(F)(F)COc1cccc(CCl)c1. The molecule has 0 unspecified atom stereocenters. The van der Waals surface area contributed by atoms with Gasteiger partial charge in [0.2, 0.25) is 0 Å². The lowest BCUT2D eigenvalue weighted by molar-refractivity contribution is -0.153. The Labute approximate surface area is 84.4 Å². The van der Waals surface area contributed by atoms with Crippen LogP contribution in [-0.2, 0) is 5.88 Å². The molecule has 0 radical (unpaired) electrons. The number of halogens is 4. The van der Waals surface area contributed by atoms with Gasteiger partial charge in [-0.3, -0.25) is 0 Å². The van der Waals surface area contributed by atoms with Crippen LogP contribution < -0.4 is 4.74 Å². The summed E-state index contributed by atoms with van der Waals surface area (Å²) >= 11 is 5.51. The summed E-state index contributed by atoms with van der Waals surface area (Å²) in [7, 11) is 0. The van der Waals surface area contributed by atoms with E-state index < -0.39 is 12.8 Å². The van der Waals surface area contributed by atoms with E-state index in [1.165, 1.54) is 12.1 Å². The summed E-state index contributed by atoms with van der Waals surface area (Å²) in [5.41, 5.74) is 0.728. The van der Waals surface area contributed by atoms with Crippen molar-refractivity contribution in [2.45, 2.75) is 12.1 Å². The molecule has 0 saturated carbocycles. The number of hydrogen-bond donors (Lipinski definition) is 0. The van der Waals surface area contributed by atoms with Gasteiger partial charge in [-0.1, -0.05) is 12.1 Å². The highest BCUT2D eigenvalue weighted by molar-refractivity contribution is 6.17. The second-order valence-electron chi connectivity index (χ2n) is 2.68. The average molecular weight is 225 g/mol. The van der Waals surface area contributed by atoms with Crippen LogP contribution in [0.1, 0.15) is 5.56 Å². The first-order valence-electron chi connectivity index (χ1n) is 3.86. The maximum absolute atomic E-state index is 11.8. The predicted octanol–water partition coefficient (Wildman–Crippen LogP) is 3.37. The monoisotopic (exact) mass is 224 g/mol. The van der Waals surface area contributed by atoms with Crippen molar-refractivity contribution in [3.63, 3.8) is 0 Å². The first-order chi connectivity index (χ1) is 6.51. The van der Waals surface area contributed by atoms with Gasteiger partial charge in [0.1, 0.15) is 5.75 Å². The fourth-order valence-corrected chi connectivity index (χ4v) is 1.05. The molecule has 0 aromatic heterocycles. The van der Waals surface area contributed by atoms with E-state index in [1.54, 1.807) is 12.1 Å². The number of alkyl halides is 4. The lowest BCUT2D eigenvalue weighted by atomic mass is 10.2. The van der Waals surface area contributed by atoms with Crippen LogP contribution in [0, 0.1) is 0 Å². The lowest BCUT2D eigenvalue weighted by Crippen LogP contribution is -2.19. The van der Waals surface area contributed by atoms with E-state index in [-0.39, 0.29) is 11.6 Å². The van der Waals surface area contributed by atoms with Crippen LogP contribution in [-0.4, -0.2) is 12.8 Å². The molecule has 1 rings (SSSR count). The van der Waals surface area contributed by atoms with E-state index in [1.807, 2.05) is 0 Å². The second-order valence-corrected chi connectivity index (χ2v) is 2.95. The molecule has 0 saturated heterocycles. The van der Waals surface area contributed by atoms with Crippen molar-refractivity contribution in [2.75, 3.05) is 6.61 Å². The van der Waals surface area contributed by atoms with Crippen molar-refractivity contribution in [3.05, 3.63) is 29.8 Å². The summed E-state index contributed by atoms with van der Waals surface area (Å²) in [4.78, 5) is 0. The zero-order valence-corrected chi connectivity index (χ0v) is 7.90. The van der Waals surface area contributed by atoms with Crippen molar-refractivity contribution in [1.82, 2.24) is 0 Å². The van der Waals surface area contributed by atoms with Crippen molar-refractivity contribution in [1.29, 1.82) is 0 Å². The molecule has 0 aliphatic carbocycles. The Morgan fingerprint density at radius 2 is 2.00 bits per heavy atom. The highest BCUT2D eigenvalue weighted by Gasteiger charge is 2.28. The van der Waals surface area contributed by atoms with Crippen LogP contribution in [0.4, 0.5) is 13.2 Å². The number of ether oxygens (including phenoxy) is 1. The van der Waals surface area contributed by atoms with Crippen molar-refractivity contribution in [3.8, 4) is 5.75 Å². The molecule has 1 aromatic carbocycles. The Balaban J connectivity index is 2.59. The molecule has 0 amide bonds. The molecule has 0 spiro atoms. The number of rotatable bonds is 3. The van der Waals surface area contributed by atoms with Gasteiger partial charge in [0.15, 0.2) is 6.61 Å².